The van der Waals surface area contributed by atoms with Gasteiger partial charge in [-0.1, -0.05) is 19.1 Å². The molecule has 0 bridgehead atoms. The number of carbonyl (C=O) groups is 1. The van der Waals surface area contributed by atoms with Crippen LogP contribution in [-0.2, 0) is 17.9 Å². The van der Waals surface area contributed by atoms with Crippen LogP contribution in [0.2, 0.25) is 0 Å². The van der Waals surface area contributed by atoms with Crippen molar-refractivity contribution in [3.8, 4) is 0 Å². The van der Waals surface area contributed by atoms with E-state index in [9.17, 15) is 14.0 Å². The molecule has 0 radical (unpaired) electrons. The highest BCUT2D eigenvalue weighted by Gasteiger charge is 2.19. The molecule has 1 fully saturated rings. The summed E-state index contributed by atoms with van der Waals surface area (Å²) in [7, 11) is 0. The number of hydrogen-bond donors (Lipinski definition) is 1. The summed E-state index contributed by atoms with van der Waals surface area (Å²) < 4.78 is 15.4. The van der Waals surface area contributed by atoms with Crippen LogP contribution in [-0.4, -0.2) is 38.2 Å². The Morgan fingerprint density at radius 3 is 2.83 bits per heavy atom. The number of fused-ring (bicyclic) bond motifs is 1. The highest BCUT2D eigenvalue weighted by Crippen LogP contribution is 2.21. The standard InChI is InChI=1S/C20H23FN6O2/c1-14-3-2-9-25(12-14)17-8-10-26-19(23-17)24-27(20(26)29)13-18(28)22-11-15-4-6-16(21)7-5-15/h4-8,10,14H,2-3,9,11-13H2,1H3,(H,22,28). The summed E-state index contributed by atoms with van der Waals surface area (Å²) in [5.41, 5.74) is 0.354. The molecule has 1 saturated heterocycles. The number of piperidine rings is 1. The van der Waals surface area contributed by atoms with Crippen molar-refractivity contribution in [1.82, 2.24) is 24.5 Å². The van der Waals surface area contributed by atoms with Crippen molar-refractivity contribution in [3.63, 3.8) is 0 Å². The molecule has 1 N–H and O–H groups in total. The lowest BCUT2D eigenvalue weighted by Crippen LogP contribution is -2.35. The van der Waals surface area contributed by atoms with Crippen LogP contribution in [0.25, 0.3) is 5.78 Å². The first-order valence-electron chi connectivity index (χ1n) is 9.72. The van der Waals surface area contributed by atoms with Gasteiger partial charge >= 0.3 is 5.69 Å². The minimum atomic E-state index is -0.414. The molecule has 0 saturated carbocycles. The van der Waals surface area contributed by atoms with Crippen LogP contribution in [0.4, 0.5) is 10.2 Å². The SMILES string of the molecule is CC1CCCN(c2ccn3c(=O)n(CC(=O)NCc4ccc(F)cc4)nc3n2)C1. The second-order valence-electron chi connectivity index (χ2n) is 7.49. The maximum absolute atomic E-state index is 12.9. The van der Waals surface area contributed by atoms with Crippen LogP contribution < -0.4 is 15.9 Å². The topological polar surface area (TPSA) is 84.5 Å². The number of nitrogens with zero attached hydrogens (tertiary/aromatic N) is 5. The van der Waals surface area contributed by atoms with Gasteiger partial charge in [0.25, 0.3) is 5.78 Å². The molecule has 4 rings (SSSR count). The van der Waals surface area contributed by atoms with Crippen molar-refractivity contribution in [1.29, 1.82) is 0 Å². The van der Waals surface area contributed by atoms with E-state index in [0.29, 0.717) is 5.92 Å². The molecular formula is C20H23FN6O2. The second kappa shape index (κ2) is 8.02. The fourth-order valence-corrected chi connectivity index (χ4v) is 3.57. The Bertz CT molecular complexity index is 1070. The Morgan fingerprint density at radius 2 is 2.07 bits per heavy atom. The number of anilines is 1. The number of rotatable bonds is 5. The maximum atomic E-state index is 12.9. The molecule has 1 aliphatic rings. The molecule has 3 heterocycles. The zero-order chi connectivity index (χ0) is 20.4. The summed E-state index contributed by atoms with van der Waals surface area (Å²) in [6, 6.07) is 7.67. The van der Waals surface area contributed by atoms with Gasteiger partial charge in [0.15, 0.2) is 0 Å². The molecule has 1 amide bonds. The number of aromatic nitrogens is 4. The van der Waals surface area contributed by atoms with E-state index in [-0.39, 0.29) is 30.6 Å². The van der Waals surface area contributed by atoms with E-state index in [1.54, 1.807) is 18.3 Å². The highest BCUT2D eigenvalue weighted by molar-refractivity contribution is 5.75. The third-order valence-corrected chi connectivity index (χ3v) is 5.12. The van der Waals surface area contributed by atoms with Gasteiger partial charge < -0.3 is 10.2 Å². The molecule has 2 aromatic heterocycles. The normalized spacial score (nSPS) is 16.9. The molecule has 29 heavy (non-hydrogen) atoms. The van der Waals surface area contributed by atoms with Gasteiger partial charge in [-0.2, -0.15) is 4.98 Å². The smallest absolute Gasteiger partial charge is 0.352 e. The van der Waals surface area contributed by atoms with E-state index in [1.165, 1.54) is 23.0 Å². The number of carbonyl (C=O) groups excluding carboxylic acids is 1. The predicted octanol–water partition coefficient (Wildman–Crippen LogP) is 1.58. The summed E-state index contributed by atoms with van der Waals surface area (Å²) >= 11 is 0. The van der Waals surface area contributed by atoms with Crippen molar-refractivity contribution in [2.24, 2.45) is 5.92 Å². The van der Waals surface area contributed by atoms with Gasteiger partial charge in [-0.05, 0) is 42.5 Å². The van der Waals surface area contributed by atoms with Crippen molar-refractivity contribution in [3.05, 3.63) is 58.4 Å². The Hall–Kier alpha value is -3.23. The average molecular weight is 398 g/mol. The summed E-state index contributed by atoms with van der Waals surface area (Å²) in [6.07, 6.45) is 3.97. The molecule has 152 valence electrons. The molecule has 9 heteroatoms. The number of nitrogens with one attached hydrogen (secondary N) is 1. The lowest BCUT2D eigenvalue weighted by molar-refractivity contribution is -0.122. The van der Waals surface area contributed by atoms with E-state index < -0.39 is 5.69 Å². The van der Waals surface area contributed by atoms with Crippen molar-refractivity contribution in [2.45, 2.75) is 32.9 Å². The molecule has 8 nitrogen and oxygen atoms in total. The maximum Gasteiger partial charge on any atom is 0.352 e. The fraction of sp³-hybridized carbons (Fsp3) is 0.400. The molecule has 3 aromatic rings. The summed E-state index contributed by atoms with van der Waals surface area (Å²) in [6.45, 7) is 4.12. The quantitative estimate of drug-likeness (QED) is 0.706. The molecule has 1 aliphatic heterocycles. The van der Waals surface area contributed by atoms with Gasteiger partial charge in [-0.3, -0.25) is 4.79 Å². The summed E-state index contributed by atoms with van der Waals surface area (Å²) in [5, 5.41) is 6.92. The summed E-state index contributed by atoms with van der Waals surface area (Å²) in [5.74, 6) is 0.984. The third-order valence-electron chi connectivity index (χ3n) is 5.12. The van der Waals surface area contributed by atoms with Gasteiger partial charge in [0.1, 0.15) is 18.2 Å². The highest BCUT2D eigenvalue weighted by atomic mass is 19.1. The fourth-order valence-electron chi connectivity index (χ4n) is 3.57. The number of halogens is 1. The Labute approximate surface area is 167 Å². The first-order valence-corrected chi connectivity index (χ1v) is 9.72. The summed E-state index contributed by atoms with van der Waals surface area (Å²) in [4.78, 5) is 31.4. The lowest BCUT2D eigenvalue weighted by atomic mass is 10.0. The number of hydrogen-bond acceptors (Lipinski definition) is 5. The number of benzene rings is 1. The molecule has 1 atom stereocenters. The molecule has 0 spiro atoms. The zero-order valence-corrected chi connectivity index (χ0v) is 16.2. The van der Waals surface area contributed by atoms with Crippen molar-refractivity contribution < 1.29 is 9.18 Å². The monoisotopic (exact) mass is 398 g/mol. The van der Waals surface area contributed by atoms with E-state index in [1.807, 2.05) is 6.07 Å². The first-order chi connectivity index (χ1) is 14.0. The van der Waals surface area contributed by atoms with Gasteiger partial charge in [0.05, 0.1) is 0 Å². The second-order valence-corrected chi connectivity index (χ2v) is 7.49. The van der Waals surface area contributed by atoms with Crippen LogP contribution in [0.5, 0.6) is 0 Å². The predicted molar refractivity (Wildman–Crippen MR) is 106 cm³/mol. The Morgan fingerprint density at radius 1 is 1.28 bits per heavy atom. The van der Waals surface area contributed by atoms with E-state index >= 15 is 0 Å². The minimum Gasteiger partial charge on any atom is -0.356 e. The van der Waals surface area contributed by atoms with Crippen molar-refractivity contribution in [2.75, 3.05) is 18.0 Å². The van der Waals surface area contributed by atoms with Gasteiger partial charge in [0.2, 0.25) is 5.91 Å². The molecule has 0 aliphatic carbocycles. The molecule has 1 unspecified atom stereocenters. The van der Waals surface area contributed by atoms with Crippen LogP contribution >= 0.6 is 0 Å². The Balaban J connectivity index is 1.46. The third kappa shape index (κ3) is 4.28. The first kappa shape index (κ1) is 19.1. The van der Waals surface area contributed by atoms with Gasteiger partial charge in [0, 0.05) is 25.8 Å². The number of amides is 1. The van der Waals surface area contributed by atoms with Gasteiger partial charge in [-0.15, -0.1) is 5.10 Å². The molecule has 1 aromatic carbocycles. The van der Waals surface area contributed by atoms with Crippen LogP contribution in [0.3, 0.4) is 0 Å². The van der Waals surface area contributed by atoms with E-state index in [0.717, 1.165) is 35.6 Å². The van der Waals surface area contributed by atoms with Gasteiger partial charge in [-0.25, -0.2) is 18.3 Å². The van der Waals surface area contributed by atoms with Crippen LogP contribution in [0.15, 0.2) is 41.3 Å². The Kier molecular flexibility index (Phi) is 5.28. The van der Waals surface area contributed by atoms with E-state index in [4.69, 9.17) is 0 Å². The van der Waals surface area contributed by atoms with Crippen molar-refractivity contribution >= 4 is 17.5 Å². The zero-order valence-electron chi connectivity index (χ0n) is 16.2. The largest absolute Gasteiger partial charge is 0.356 e. The van der Waals surface area contributed by atoms with E-state index in [2.05, 4.69) is 27.2 Å². The van der Waals surface area contributed by atoms with Crippen LogP contribution in [0, 0.1) is 11.7 Å². The molecular weight excluding hydrogens is 375 g/mol. The minimum absolute atomic E-state index is 0.209. The average Bonchev–Trinajstić information content (AvgIpc) is 3.02. The lowest BCUT2D eigenvalue weighted by Gasteiger charge is -2.31. The van der Waals surface area contributed by atoms with Crippen LogP contribution in [0.1, 0.15) is 25.3 Å².